The maximum absolute atomic E-state index is 12.5. The van der Waals surface area contributed by atoms with Crippen LogP contribution in [0.25, 0.3) is 0 Å². The third-order valence-electron chi connectivity index (χ3n) is 3.72. The summed E-state index contributed by atoms with van der Waals surface area (Å²) in [4.78, 5) is 0. The van der Waals surface area contributed by atoms with Gasteiger partial charge >= 0.3 is 6.18 Å². The SMILES string of the molecule is Cc1nnc(C2CCC(Oc3ccc(C(F)(F)F)cc3)NC2)s1. The molecule has 0 aliphatic carbocycles. The molecule has 1 aliphatic rings. The van der Waals surface area contributed by atoms with E-state index in [1.807, 2.05) is 6.92 Å². The van der Waals surface area contributed by atoms with Gasteiger partial charge in [-0.3, -0.25) is 5.32 Å². The van der Waals surface area contributed by atoms with Crippen molar-refractivity contribution in [1.82, 2.24) is 15.5 Å². The molecule has 1 aromatic heterocycles. The molecule has 0 bridgehead atoms. The molecule has 1 aliphatic heterocycles. The predicted molar refractivity (Wildman–Crippen MR) is 80.5 cm³/mol. The van der Waals surface area contributed by atoms with Crippen LogP contribution in [0.3, 0.4) is 0 Å². The fourth-order valence-corrected chi connectivity index (χ4v) is 3.34. The van der Waals surface area contributed by atoms with Gasteiger partial charge in [0.2, 0.25) is 0 Å². The van der Waals surface area contributed by atoms with Gasteiger partial charge in [-0.2, -0.15) is 13.2 Å². The number of nitrogens with zero attached hydrogens (tertiary/aromatic N) is 2. The number of hydrogen-bond acceptors (Lipinski definition) is 5. The number of hydrogen-bond donors (Lipinski definition) is 1. The summed E-state index contributed by atoms with van der Waals surface area (Å²) in [6, 6.07) is 4.77. The van der Waals surface area contributed by atoms with E-state index in [0.29, 0.717) is 11.7 Å². The molecule has 2 aromatic rings. The lowest BCUT2D eigenvalue weighted by Crippen LogP contribution is -2.41. The number of ether oxygens (including phenoxy) is 1. The zero-order valence-corrected chi connectivity index (χ0v) is 13.2. The third-order valence-corrected chi connectivity index (χ3v) is 4.72. The molecule has 1 fully saturated rings. The van der Waals surface area contributed by atoms with Crippen LogP contribution in [0.1, 0.15) is 34.3 Å². The van der Waals surface area contributed by atoms with Crippen LogP contribution >= 0.6 is 11.3 Å². The second-order valence-electron chi connectivity index (χ2n) is 5.47. The van der Waals surface area contributed by atoms with E-state index in [0.717, 1.165) is 41.5 Å². The molecule has 4 nitrogen and oxygen atoms in total. The van der Waals surface area contributed by atoms with Crippen LogP contribution in [0.2, 0.25) is 0 Å². The molecule has 2 heterocycles. The number of aryl methyl sites for hydroxylation is 1. The molecule has 3 rings (SSSR count). The Bertz CT molecular complexity index is 649. The first-order valence-electron chi connectivity index (χ1n) is 7.29. The molecule has 0 saturated carbocycles. The van der Waals surface area contributed by atoms with Crippen LogP contribution in [-0.4, -0.2) is 23.0 Å². The summed E-state index contributed by atoms with van der Waals surface area (Å²) in [5.41, 5.74) is -0.673. The van der Waals surface area contributed by atoms with Crippen molar-refractivity contribution in [2.75, 3.05) is 6.54 Å². The van der Waals surface area contributed by atoms with Crippen molar-refractivity contribution in [2.24, 2.45) is 0 Å². The van der Waals surface area contributed by atoms with E-state index < -0.39 is 11.7 Å². The van der Waals surface area contributed by atoms with Crippen molar-refractivity contribution in [2.45, 2.75) is 38.1 Å². The Kier molecular flexibility index (Phi) is 4.54. The van der Waals surface area contributed by atoms with Gasteiger partial charge in [0, 0.05) is 12.5 Å². The molecule has 2 unspecified atom stereocenters. The van der Waals surface area contributed by atoms with Crippen molar-refractivity contribution in [3.8, 4) is 5.75 Å². The van der Waals surface area contributed by atoms with E-state index in [4.69, 9.17) is 4.74 Å². The van der Waals surface area contributed by atoms with Crippen molar-refractivity contribution in [3.05, 3.63) is 39.8 Å². The molecule has 0 amide bonds. The zero-order valence-electron chi connectivity index (χ0n) is 12.4. The topological polar surface area (TPSA) is 47.0 Å². The number of nitrogens with one attached hydrogen (secondary N) is 1. The first-order chi connectivity index (χ1) is 10.9. The lowest BCUT2D eigenvalue weighted by molar-refractivity contribution is -0.137. The number of aromatic nitrogens is 2. The smallest absolute Gasteiger partial charge is 0.416 e. The highest BCUT2D eigenvalue weighted by atomic mass is 32.1. The highest BCUT2D eigenvalue weighted by Crippen LogP contribution is 2.31. The Balaban J connectivity index is 1.54. The van der Waals surface area contributed by atoms with Gasteiger partial charge < -0.3 is 4.74 Å². The first kappa shape index (κ1) is 16.2. The van der Waals surface area contributed by atoms with Crippen molar-refractivity contribution < 1.29 is 17.9 Å². The van der Waals surface area contributed by atoms with Gasteiger partial charge in [0.15, 0.2) is 0 Å². The van der Waals surface area contributed by atoms with E-state index in [1.165, 1.54) is 12.1 Å². The van der Waals surface area contributed by atoms with Crippen LogP contribution in [0.15, 0.2) is 24.3 Å². The highest BCUT2D eigenvalue weighted by molar-refractivity contribution is 7.11. The third kappa shape index (κ3) is 4.00. The van der Waals surface area contributed by atoms with Gasteiger partial charge in [-0.1, -0.05) is 0 Å². The number of alkyl halides is 3. The molecule has 1 saturated heterocycles. The Hall–Kier alpha value is -1.67. The zero-order chi connectivity index (χ0) is 16.4. The molecule has 0 spiro atoms. The molecular formula is C15H16F3N3OS. The first-order valence-corrected chi connectivity index (χ1v) is 8.11. The lowest BCUT2D eigenvalue weighted by atomic mass is 9.99. The summed E-state index contributed by atoms with van der Waals surface area (Å²) in [6.45, 7) is 2.65. The molecule has 1 aromatic carbocycles. The van der Waals surface area contributed by atoms with Crippen LogP contribution in [0.4, 0.5) is 13.2 Å². The van der Waals surface area contributed by atoms with Crippen molar-refractivity contribution in [3.63, 3.8) is 0 Å². The van der Waals surface area contributed by atoms with Gasteiger partial charge in [-0.15, -0.1) is 21.5 Å². The maximum atomic E-state index is 12.5. The average Bonchev–Trinajstić information content (AvgIpc) is 2.94. The summed E-state index contributed by atoms with van der Waals surface area (Å²) in [6.07, 6.45) is -2.84. The number of benzene rings is 1. The van der Waals surface area contributed by atoms with E-state index in [9.17, 15) is 13.2 Å². The van der Waals surface area contributed by atoms with Crippen LogP contribution < -0.4 is 10.1 Å². The van der Waals surface area contributed by atoms with E-state index in [-0.39, 0.29) is 6.23 Å². The summed E-state index contributed by atoms with van der Waals surface area (Å²) in [5, 5.41) is 13.4. The Morgan fingerprint density at radius 3 is 2.43 bits per heavy atom. The maximum Gasteiger partial charge on any atom is 0.416 e. The molecule has 1 N–H and O–H groups in total. The van der Waals surface area contributed by atoms with Gasteiger partial charge in [0.05, 0.1) is 5.56 Å². The highest BCUT2D eigenvalue weighted by Gasteiger charge is 2.30. The normalized spacial score (nSPS) is 22.1. The van der Waals surface area contributed by atoms with Gasteiger partial charge in [-0.25, -0.2) is 0 Å². The average molecular weight is 343 g/mol. The summed E-state index contributed by atoms with van der Waals surface area (Å²) in [5.74, 6) is 0.745. The Morgan fingerprint density at radius 1 is 1.17 bits per heavy atom. The number of piperidine rings is 1. The van der Waals surface area contributed by atoms with Gasteiger partial charge in [-0.05, 0) is 44.0 Å². The standard InChI is InChI=1S/C15H16F3N3OS/c1-9-20-21-14(23-9)10-2-7-13(19-8-10)22-12-5-3-11(4-6-12)15(16,17)18/h3-6,10,13,19H,2,7-8H2,1H3. The lowest BCUT2D eigenvalue weighted by Gasteiger charge is -2.29. The predicted octanol–water partition coefficient (Wildman–Crippen LogP) is 3.74. The Morgan fingerprint density at radius 2 is 1.91 bits per heavy atom. The van der Waals surface area contributed by atoms with Crippen molar-refractivity contribution >= 4 is 11.3 Å². The largest absolute Gasteiger partial charge is 0.475 e. The van der Waals surface area contributed by atoms with Gasteiger partial charge in [0.25, 0.3) is 0 Å². The molecule has 124 valence electrons. The minimum Gasteiger partial charge on any atom is -0.475 e. The van der Waals surface area contributed by atoms with E-state index in [2.05, 4.69) is 15.5 Å². The summed E-state index contributed by atoms with van der Waals surface area (Å²) >= 11 is 1.59. The van der Waals surface area contributed by atoms with Crippen LogP contribution in [0, 0.1) is 6.92 Å². The molecule has 0 radical (unpaired) electrons. The summed E-state index contributed by atoms with van der Waals surface area (Å²) < 4.78 is 43.3. The van der Waals surface area contributed by atoms with Gasteiger partial charge in [0.1, 0.15) is 22.0 Å². The molecule has 8 heteroatoms. The van der Waals surface area contributed by atoms with E-state index >= 15 is 0 Å². The Labute approximate surface area is 135 Å². The second-order valence-corrected chi connectivity index (χ2v) is 6.68. The quantitative estimate of drug-likeness (QED) is 0.922. The minimum atomic E-state index is -4.32. The van der Waals surface area contributed by atoms with Crippen LogP contribution in [-0.2, 0) is 6.18 Å². The minimum absolute atomic E-state index is 0.197. The summed E-state index contributed by atoms with van der Waals surface area (Å²) in [7, 11) is 0. The fourth-order valence-electron chi connectivity index (χ4n) is 2.51. The van der Waals surface area contributed by atoms with Crippen molar-refractivity contribution in [1.29, 1.82) is 0 Å². The fraction of sp³-hybridized carbons (Fsp3) is 0.467. The van der Waals surface area contributed by atoms with E-state index in [1.54, 1.807) is 11.3 Å². The monoisotopic (exact) mass is 343 g/mol. The van der Waals surface area contributed by atoms with Crippen LogP contribution in [0.5, 0.6) is 5.75 Å². The number of halogens is 3. The second kappa shape index (κ2) is 6.45. The molecule has 2 atom stereocenters. The number of rotatable bonds is 3. The molecular weight excluding hydrogens is 327 g/mol. The molecule has 23 heavy (non-hydrogen) atoms.